The van der Waals surface area contributed by atoms with Crippen molar-refractivity contribution in [1.29, 1.82) is 0 Å². The molecular formula is C21H29N5O2. The van der Waals surface area contributed by atoms with Crippen molar-refractivity contribution in [2.75, 3.05) is 13.1 Å². The van der Waals surface area contributed by atoms with Crippen molar-refractivity contribution in [3.63, 3.8) is 0 Å². The van der Waals surface area contributed by atoms with Crippen LogP contribution in [-0.4, -0.2) is 45.0 Å². The molecule has 1 aliphatic heterocycles. The van der Waals surface area contributed by atoms with Crippen LogP contribution in [0.4, 0.5) is 0 Å². The minimum absolute atomic E-state index is 0.0669. The smallest absolute Gasteiger partial charge is 0.227 e. The van der Waals surface area contributed by atoms with Crippen LogP contribution in [0.2, 0.25) is 0 Å². The molecule has 7 heteroatoms. The average Bonchev–Trinajstić information content (AvgIpc) is 3.11. The van der Waals surface area contributed by atoms with Gasteiger partial charge in [0.1, 0.15) is 11.9 Å². The molecule has 2 atom stereocenters. The molecule has 1 aliphatic rings. The molecule has 1 saturated heterocycles. The van der Waals surface area contributed by atoms with E-state index in [0.29, 0.717) is 24.7 Å². The molecule has 7 nitrogen and oxygen atoms in total. The lowest BCUT2D eigenvalue weighted by atomic mass is 9.90. The molecule has 1 aromatic carbocycles. The van der Waals surface area contributed by atoms with E-state index in [9.17, 15) is 9.59 Å². The lowest BCUT2D eigenvalue weighted by Crippen LogP contribution is -2.49. The Morgan fingerprint density at radius 2 is 1.96 bits per heavy atom. The lowest BCUT2D eigenvalue weighted by Gasteiger charge is -2.36. The number of aryl methyl sites for hydroxylation is 1. The molecule has 1 aromatic heterocycles. The summed E-state index contributed by atoms with van der Waals surface area (Å²) in [5.74, 6) is 1.03. The Bertz CT molecular complexity index is 825. The molecule has 1 fully saturated rings. The highest BCUT2D eigenvalue weighted by molar-refractivity contribution is 5.84. The van der Waals surface area contributed by atoms with Crippen molar-refractivity contribution < 1.29 is 9.59 Å². The predicted octanol–water partition coefficient (Wildman–Crippen LogP) is 2.60. The fourth-order valence-electron chi connectivity index (χ4n) is 3.54. The molecule has 2 amide bonds. The van der Waals surface area contributed by atoms with E-state index >= 15 is 0 Å². The van der Waals surface area contributed by atoms with Crippen LogP contribution in [-0.2, 0) is 9.59 Å². The molecule has 28 heavy (non-hydrogen) atoms. The number of hydrogen-bond acceptors (Lipinski definition) is 4. The maximum absolute atomic E-state index is 13.1. The molecule has 2 N–H and O–H groups in total. The van der Waals surface area contributed by atoms with Gasteiger partial charge in [-0.05, 0) is 25.3 Å². The average molecular weight is 383 g/mol. The molecule has 3 rings (SSSR count). The van der Waals surface area contributed by atoms with Gasteiger partial charge < -0.3 is 10.2 Å². The zero-order chi connectivity index (χ0) is 20.3. The second-order valence-corrected chi connectivity index (χ2v) is 8.47. The van der Waals surface area contributed by atoms with Gasteiger partial charge in [0, 0.05) is 18.5 Å². The molecule has 2 unspecified atom stereocenters. The normalized spacial score (nSPS) is 18.6. The molecule has 0 saturated carbocycles. The number of piperidine rings is 1. The Morgan fingerprint density at radius 1 is 1.25 bits per heavy atom. The maximum Gasteiger partial charge on any atom is 0.227 e. The van der Waals surface area contributed by atoms with E-state index in [1.165, 1.54) is 0 Å². The molecule has 150 valence electrons. The van der Waals surface area contributed by atoms with Crippen molar-refractivity contribution in [2.24, 2.45) is 11.3 Å². The fourth-order valence-corrected chi connectivity index (χ4v) is 3.54. The number of carbonyl (C=O) groups is 2. The second kappa shape index (κ2) is 8.12. The van der Waals surface area contributed by atoms with Crippen LogP contribution in [0.1, 0.15) is 56.9 Å². The van der Waals surface area contributed by atoms with Crippen LogP contribution in [0.15, 0.2) is 30.3 Å². The minimum Gasteiger partial charge on any atom is -0.342 e. The van der Waals surface area contributed by atoms with Crippen molar-refractivity contribution in [3.8, 4) is 0 Å². The topological polar surface area (TPSA) is 91.0 Å². The number of rotatable bonds is 4. The Morgan fingerprint density at radius 3 is 2.57 bits per heavy atom. The van der Waals surface area contributed by atoms with E-state index in [2.05, 4.69) is 20.5 Å². The van der Waals surface area contributed by atoms with Gasteiger partial charge in [0.2, 0.25) is 11.8 Å². The van der Waals surface area contributed by atoms with E-state index < -0.39 is 11.5 Å². The van der Waals surface area contributed by atoms with E-state index in [0.717, 1.165) is 18.4 Å². The standard InChI is InChI=1S/C21H29N5O2/c1-14-22-18(25-24-14)17(15-9-6-5-7-10-15)23-19(27)16-11-8-12-26(13-16)20(28)21(2,3)4/h5-7,9-10,16-17H,8,11-13H2,1-4H3,(H,23,27)(H,22,24,25). The third-order valence-corrected chi connectivity index (χ3v) is 5.01. The van der Waals surface area contributed by atoms with Crippen molar-refractivity contribution >= 4 is 11.8 Å². The van der Waals surface area contributed by atoms with Crippen LogP contribution in [0.3, 0.4) is 0 Å². The number of hydrogen-bond donors (Lipinski definition) is 2. The van der Waals surface area contributed by atoms with Gasteiger partial charge in [-0.1, -0.05) is 51.1 Å². The summed E-state index contributed by atoms with van der Waals surface area (Å²) < 4.78 is 0. The number of nitrogens with zero attached hydrogens (tertiary/aromatic N) is 3. The van der Waals surface area contributed by atoms with E-state index in [4.69, 9.17) is 0 Å². The molecule has 0 aliphatic carbocycles. The van der Waals surface area contributed by atoms with Crippen LogP contribution in [0.5, 0.6) is 0 Å². The van der Waals surface area contributed by atoms with Gasteiger partial charge in [-0.3, -0.25) is 14.7 Å². The van der Waals surface area contributed by atoms with Crippen molar-refractivity contribution in [1.82, 2.24) is 25.4 Å². The zero-order valence-electron chi connectivity index (χ0n) is 17.0. The third-order valence-electron chi connectivity index (χ3n) is 5.01. The lowest BCUT2D eigenvalue weighted by molar-refractivity contribution is -0.142. The van der Waals surface area contributed by atoms with Crippen LogP contribution in [0.25, 0.3) is 0 Å². The first-order valence-electron chi connectivity index (χ1n) is 9.79. The predicted molar refractivity (Wildman–Crippen MR) is 106 cm³/mol. The van der Waals surface area contributed by atoms with Crippen molar-refractivity contribution in [3.05, 3.63) is 47.5 Å². The molecule has 0 bridgehead atoms. The summed E-state index contributed by atoms with van der Waals surface area (Å²) in [5.41, 5.74) is 0.481. The highest BCUT2D eigenvalue weighted by Crippen LogP contribution is 2.25. The molecule has 0 radical (unpaired) electrons. The monoisotopic (exact) mass is 383 g/mol. The fraction of sp³-hybridized carbons (Fsp3) is 0.524. The number of carbonyl (C=O) groups excluding carboxylic acids is 2. The SMILES string of the molecule is Cc1nc(C(NC(=O)C2CCCN(C(=O)C(C)(C)C)C2)c2ccccc2)n[nH]1. The van der Waals surface area contributed by atoms with Crippen LogP contribution >= 0.6 is 0 Å². The summed E-state index contributed by atoms with van der Waals surface area (Å²) >= 11 is 0. The summed E-state index contributed by atoms with van der Waals surface area (Å²) in [6.07, 6.45) is 1.60. The number of aromatic amines is 1. The van der Waals surface area contributed by atoms with Gasteiger partial charge in [0.25, 0.3) is 0 Å². The summed E-state index contributed by atoms with van der Waals surface area (Å²) in [6.45, 7) is 8.73. The van der Waals surface area contributed by atoms with Gasteiger partial charge in [0.05, 0.1) is 5.92 Å². The Kier molecular flexibility index (Phi) is 5.82. The first-order valence-corrected chi connectivity index (χ1v) is 9.79. The van der Waals surface area contributed by atoms with Gasteiger partial charge in [-0.15, -0.1) is 0 Å². The van der Waals surface area contributed by atoms with Gasteiger partial charge in [0.15, 0.2) is 5.82 Å². The maximum atomic E-state index is 13.1. The first-order chi connectivity index (χ1) is 13.3. The first kappa shape index (κ1) is 20.0. The summed E-state index contributed by atoms with van der Waals surface area (Å²) in [5, 5.41) is 10.2. The van der Waals surface area contributed by atoms with E-state index in [1.54, 1.807) is 0 Å². The van der Waals surface area contributed by atoms with Crippen LogP contribution < -0.4 is 5.32 Å². The van der Waals surface area contributed by atoms with Gasteiger partial charge >= 0.3 is 0 Å². The molecule has 2 aromatic rings. The number of likely N-dealkylation sites (tertiary alicyclic amines) is 1. The van der Waals surface area contributed by atoms with Crippen LogP contribution in [0, 0.1) is 18.3 Å². The molecule has 0 spiro atoms. The number of aromatic nitrogens is 3. The highest BCUT2D eigenvalue weighted by atomic mass is 16.2. The molecular weight excluding hydrogens is 354 g/mol. The summed E-state index contributed by atoms with van der Waals surface area (Å²) in [6, 6.07) is 9.27. The minimum atomic E-state index is -0.443. The number of H-pyrrole nitrogens is 1. The van der Waals surface area contributed by atoms with Crippen molar-refractivity contribution in [2.45, 2.75) is 46.6 Å². The third kappa shape index (κ3) is 4.58. The number of amides is 2. The Balaban J connectivity index is 1.76. The quantitative estimate of drug-likeness (QED) is 0.849. The second-order valence-electron chi connectivity index (χ2n) is 8.47. The Hall–Kier alpha value is -2.70. The van der Waals surface area contributed by atoms with E-state index in [-0.39, 0.29) is 17.7 Å². The summed E-state index contributed by atoms with van der Waals surface area (Å²) in [4.78, 5) is 31.9. The largest absolute Gasteiger partial charge is 0.342 e. The zero-order valence-corrected chi connectivity index (χ0v) is 17.0. The number of benzene rings is 1. The molecule has 2 heterocycles. The number of nitrogens with one attached hydrogen (secondary N) is 2. The Labute approximate surface area is 165 Å². The van der Waals surface area contributed by atoms with Gasteiger partial charge in [-0.2, -0.15) is 5.10 Å². The highest BCUT2D eigenvalue weighted by Gasteiger charge is 2.34. The summed E-state index contributed by atoms with van der Waals surface area (Å²) in [7, 11) is 0. The van der Waals surface area contributed by atoms with E-state index in [1.807, 2.05) is 62.9 Å². The van der Waals surface area contributed by atoms with Gasteiger partial charge in [-0.25, -0.2) is 4.98 Å².